The Morgan fingerprint density at radius 3 is 2.90 bits per heavy atom. The summed E-state index contributed by atoms with van der Waals surface area (Å²) in [5.41, 5.74) is 0.987. The summed E-state index contributed by atoms with van der Waals surface area (Å²) >= 11 is 1.56. The highest BCUT2D eigenvalue weighted by atomic mass is 32.1. The number of rotatable bonds is 5. The van der Waals surface area contributed by atoms with Crippen molar-refractivity contribution in [1.82, 2.24) is 15.6 Å². The molecule has 0 fully saturated rings. The molecule has 0 aliphatic carbocycles. The second-order valence-corrected chi connectivity index (χ2v) is 5.63. The molecule has 0 aliphatic heterocycles. The maximum Gasteiger partial charge on any atom is 0.315 e. The van der Waals surface area contributed by atoms with E-state index in [0.717, 1.165) is 15.6 Å². The predicted octanol–water partition coefficient (Wildman–Crippen LogP) is 1.89. The van der Waals surface area contributed by atoms with Gasteiger partial charge in [0.25, 0.3) is 0 Å². The van der Waals surface area contributed by atoms with Crippen LogP contribution in [0.1, 0.15) is 27.4 Å². The van der Waals surface area contributed by atoms with Gasteiger partial charge in [-0.2, -0.15) is 0 Å². The lowest BCUT2D eigenvalue weighted by atomic mass is 10.3. The first-order valence-corrected chi connectivity index (χ1v) is 7.04. The van der Waals surface area contributed by atoms with E-state index in [9.17, 15) is 9.90 Å². The first-order valence-electron chi connectivity index (χ1n) is 6.22. The molecule has 0 aliphatic rings. The third kappa shape index (κ3) is 3.82. The van der Waals surface area contributed by atoms with Gasteiger partial charge in [0.05, 0.1) is 25.0 Å². The van der Waals surface area contributed by atoms with E-state index in [1.807, 2.05) is 13.8 Å². The summed E-state index contributed by atoms with van der Waals surface area (Å²) < 4.78 is 5.04. The molecule has 0 aromatic carbocycles. The third-order valence-corrected chi connectivity index (χ3v) is 3.87. The molecule has 2 rings (SSSR count). The zero-order valence-electron chi connectivity index (χ0n) is 11.3. The number of amides is 2. The Labute approximate surface area is 120 Å². The second-order valence-electron chi connectivity index (χ2n) is 4.34. The highest BCUT2D eigenvalue weighted by Gasteiger charge is 2.12. The topological polar surface area (TPSA) is 87.4 Å². The molecule has 1 unspecified atom stereocenters. The van der Waals surface area contributed by atoms with Crippen molar-refractivity contribution in [2.45, 2.75) is 26.5 Å². The molecule has 0 saturated carbocycles. The number of aryl methyl sites for hydroxylation is 2. The largest absolute Gasteiger partial charge is 0.467 e. The van der Waals surface area contributed by atoms with Crippen LogP contribution in [-0.4, -0.2) is 22.7 Å². The number of aromatic nitrogens is 1. The normalized spacial score (nSPS) is 12.2. The molecule has 0 saturated heterocycles. The van der Waals surface area contributed by atoms with Crippen LogP contribution >= 0.6 is 11.3 Å². The number of nitrogens with one attached hydrogen (secondary N) is 2. The van der Waals surface area contributed by atoms with Crippen LogP contribution in [0.25, 0.3) is 0 Å². The Morgan fingerprint density at radius 2 is 2.30 bits per heavy atom. The van der Waals surface area contributed by atoms with Crippen LogP contribution in [0.5, 0.6) is 0 Å². The van der Waals surface area contributed by atoms with Crippen molar-refractivity contribution in [3.05, 3.63) is 39.7 Å². The Balaban J connectivity index is 1.73. The van der Waals surface area contributed by atoms with E-state index in [-0.39, 0.29) is 12.6 Å². The minimum Gasteiger partial charge on any atom is -0.467 e. The summed E-state index contributed by atoms with van der Waals surface area (Å²) in [6.45, 7) is 4.41. The first-order chi connectivity index (χ1) is 9.56. The average molecular weight is 295 g/mol. The Kier molecular flexibility index (Phi) is 4.75. The molecule has 2 heterocycles. The van der Waals surface area contributed by atoms with Crippen LogP contribution in [0, 0.1) is 13.8 Å². The Morgan fingerprint density at radius 1 is 1.50 bits per heavy atom. The van der Waals surface area contributed by atoms with Crippen molar-refractivity contribution >= 4 is 17.4 Å². The fourth-order valence-corrected chi connectivity index (χ4v) is 2.48. The molecule has 6 nitrogen and oxygen atoms in total. The van der Waals surface area contributed by atoms with Gasteiger partial charge in [0.15, 0.2) is 0 Å². The summed E-state index contributed by atoms with van der Waals surface area (Å²) in [6.07, 6.45) is 0.631. The Hall–Kier alpha value is -1.86. The second kappa shape index (κ2) is 6.53. The number of aliphatic hydroxyl groups excluding tert-OH is 1. The van der Waals surface area contributed by atoms with Crippen LogP contribution in [-0.2, 0) is 6.54 Å². The van der Waals surface area contributed by atoms with Crippen molar-refractivity contribution < 1.29 is 14.3 Å². The number of nitrogens with zero attached hydrogens (tertiary/aromatic N) is 1. The van der Waals surface area contributed by atoms with Crippen LogP contribution in [0.2, 0.25) is 0 Å². The van der Waals surface area contributed by atoms with Gasteiger partial charge < -0.3 is 20.2 Å². The number of carbonyl (C=O) groups excluding carboxylic acids is 1. The van der Waals surface area contributed by atoms with Crippen molar-refractivity contribution in [1.29, 1.82) is 0 Å². The summed E-state index contributed by atoms with van der Waals surface area (Å²) in [5, 5.41) is 15.9. The number of thiazole rings is 1. The molecule has 7 heteroatoms. The van der Waals surface area contributed by atoms with Crippen molar-refractivity contribution in [2.24, 2.45) is 0 Å². The average Bonchev–Trinajstić information content (AvgIpc) is 3.05. The van der Waals surface area contributed by atoms with Gasteiger partial charge in [-0.15, -0.1) is 11.3 Å². The molecule has 2 aromatic rings. The van der Waals surface area contributed by atoms with E-state index in [1.165, 1.54) is 6.26 Å². The number of furan rings is 1. The summed E-state index contributed by atoms with van der Waals surface area (Å²) in [4.78, 5) is 17.1. The zero-order valence-corrected chi connectivity index (χ0v) is 12.2. The van der Waals surface area contributed by atoms with Gasteiger partial charge in [0.1, 0.15) is 16.9 Å². The molecule has 0 spiro atoms. The van der Waals surface area contributed by atoms with Gasteiger partial charge in [-0.25, -0.2) is 9.78 Å². The zero-order chi connectivity index (χ0) is 14.5. The van der Waals surface area contributed by atoms with Crippen molar-refractivity contribution in [2.75, 3.05) is 6.54 Å². The molecule has 2 amide bonds. The quantitative estimate of drug-likeness (QED) is 0.786. The van der Waals surface area contributed by atoms with Gasteiger partial charge >= 0.3 is 6.03 Å². The number of hydrogen-bond donors (Lipinski definition) is 3. The van der Waals surface area contributed by atoms with Gasteiger partial charge in [-0.1, -0.05) is 0 Å². The fourth-order valence-electron chi connectivity index (χ4n) is 1.60. The maximum atomic E-state index is 11.6. The molecular weight excluding hydrogens is 278 g/mol. The lowest BCUT2D eigenvalue weighted by molar-refractivity contribution is 0.148. The van der Waals surface area contributed by atoms with E-state index < -0.39 is 6.10 Å². The summed E-state index contributed by atoms with van der Waals surface area (Å²) in [7, 11) is 0. The lowest BCUT2D eigenvalue weighted by Gasteiger charge is -2.10. The molecule has 0 radical (unpaired) electrons. The van der Waals surface area contributed by atoms with Crippen LogP contribution in [0.4, 0.5) is 4.79 Å². The van der Waals surface area contributed by atoms with E-state index in [0.29, 0.717) is 12.3 Å². The van der Waals surface area contributed by atoms with E-state index in [2.05, 4.69) is 15.6 Å². The highest BCUT2D eigenvalue weighted by molar-refractivity contribution is 7.11. The highest BCUT2D eigenvalue weighted by Crippen LogP contribution is 2.16. The molecule has 108 valence electrons. The molecule has 0 bridgehead atoms. The third-order valence-electron chi connectivity index (χ3n) is 2.80. The number of carbonyl (C=O) groups is 1. The van der Waals surface area contributed by atoms with Gasteiger partial charge in [0, 0.05) is 4.88 Å². The summed E-state index contributed by atoms with van der Waals surface area (Å²) in [6, 6.07) is 3.00. The number of urea groups is 1. The predicted molar refractivity (Wildman–Crippen MR) is 75.5 cm³/mol. The molecule has 20 heavy (non-hydrogen) atoms. The van der Waals surface area contributed by atoms with Crippen molar-refractivity contribution in [3.8, 4) is 0 Å². The summed E-state index contributed by atoms with van der Waals surface area (Å²) in [5.74, 6) is 0.427. The van der Waals surface area contributed by atoms with Crippen LogP contribution in [0.15, 0.2) is 22.8 Å². The molecule has 1 atom stereocenters. The fraction of sp³-hybridized carbons (Fsp3) is 0.385. The van der Waals surface area contributed by atoms with E-state index >= 15 is 0 Å². The minimum atomic E-state index is -0.847. The van der Waals surface area contributed by atoms with Crippen molar-refractivity contribution in [3.63, 3.8) is 0 Å². The molecular formula is C13H17N3O3S. The van der Waals surface area contributed by atoms with Crippen LogP contribution < -0.4 is 10.6 Å². The SMILES string of the molecule is Cc1nc(CNC(=O)NCC(O)c2ccco2)sc1C. The molecule has 2 aromatic heterocycles. The standard InChI is InChI=1S/C13H17N3O3S/c1-8-9(2)20-12(16-8)7-15-13(18)14-6-10(17)11-4-3-5-19-11/h3-5,10,17H,6-7H2,1-2H3,(H2,14,15,18). The van der Waals surface area contributed by atoms with E-state index in [4.69, 9.17) is 4.42 Å². The monoisotopic (exact) mass is 295 g/mol. The van der Waals surface area contributed by atoms with Gasteiger partial charge in [0.2, 0.25) is 0 Å². The Bertz CT molecular complexity index is 546. The van der Waals surface area contributed by atoms with Gasteiger partial charge in [-0.05, 0) is 26.0 Å². The molecule has 3 N–H and O–H groups in total. The minimum absolute atomic E-state index is 0.0925. The van der Waals surface area contributed by atoms with Gasteiger partial charge in [-0.3, -0.25) is 0 Å². The number of aliphatic hydroxyl groups is 1. The lowest BCUT2D eigenvalue weighted by Crippen LogP contribution is -2.37. The smallest absolute Gasteiger partial charge is 0.315 e. The first kappa shape index (κ1) is 14.5. The number of hydrogen-bond acceptors (Lipinski definition) is 5. The van der Waals surface area contributed by atoms with E-state index in [1.54, 1.807) is 23.5 Å². The maximum absolute atomic E-state index is 11.6. The van der Waals surface area contributed by atoms with Crippen LogP contribution in [0.3, 0.4) is 0 Å².